The van der Waals surface area contributed by atoms with E-state index in [2.05, 4.69) is 20.6 Å². The van der Waals surface area contributed by atoms with Crippen LogP contribution in [0.25, 0.3) is 11.3 Å². The van der Waals surface area contributed by atoms with Crippen molar-refractivity contribution in [3.8, 4) is 11.3 Å². The lowest BCUT2D eigenvalue weighted by Gasteiger charge is -2.27. The number of hydrogen-bond donors (Lipinski definition) is 3. The fraction of sp³-hybridized carbons (Fsp3) is 0.286. The molecule has 0 unspecified atom stereocenters. The number of nitrogens with one attached hydrogen (secondary N) is 2. The molecule has 1 saturated carbocycles. The number of aliphatic hydroxyl groups is 1. The molecule has 28 heavy (non-hydrogen) atoms. The zero-order valence-corrected chi connectivity index (χ0v) is 16.1. The van der Waals surface area contributed by atoms with E-state index in [0.29, 0.717) is 11.0 Å². The van der Waals surface area contributed by atoms with Crippen LogP contribution >= 0.6 is 11.6 Å². The van der Waals surface area contributed by atoms with Crippen LogP contribution < -0.4 is 10.6 Å². The Labute approximate surface area is 169 Å². The maximum Gasteiger partial charge on any atom is 0.229 e. The molecule has 0 saturated heterocycles. The van der Waals surface area contributed by atoms with Crippen molar-refractivity contribution in [1.29, 1.82) is 0 Å². The minimum atomic E-state index is -0.194. The van der Waals surface area contributed by atoms with E-state index < -0.39 is 0 Å². The lowest BCUT2D eigenvalue weighted by Crippen LogP contribution is -2.29. The Kier molecular flexibility index (Phi) is 5.69. The molecule has 144 valence electrons. The number of aromatic nitrogens is 3. The van der Waals surface area contributed by atoms with Gasteiger partial charge in [0.1, 0.15) is 5.82 Å². The summed E-state index contributed by atoms with van der Waals surface area (Å²) in [4.78, 5) is 13.6. The molecule has 1 aliphatic rings. The van der Waals surface area contributed by atoms with E-state index in [9.17, 15) is 5.11 Å². The SMILES string of the molecule is OC1CCC(Nc2nc(Nc3ccc(Cl)cc3)ncc2-c2ccccn2)CC1. The highest BCUT2D eigenvalue weighted by Gasteiger charge is 2.21. The van der Waals surface area contributed by atoms with Gasteiger partial charge in [-0.3, -0.25) is 4.98 Å². The van der Waals surface area contributed by atoms with E-state index in [1.807, 2.05) is 42.5 Å². The topological polar surface area (TPSA) is 83.0 Å². The van der Waals surface area contributed by atoms with Gasteiger partial charge in [0.05, 0.1) is 17.4 Å². The Balaban J connectivity index is 1.61. The van der Waals surface area contributed by atoms with Gasteiger partial charge in [-0.2, -0.15) is 4.98 Å². The van der Waals surface area contributed by atoms with Gasteiger partial charge in [-0.05, 0) is 62.1 Å². The first-order valence-electron chi connectivity index (χ1n) is 9.43. The van der Waals surface area contributed by atoms with E-state index in [4.69, 9.17) is 16.6 Å². The van der Waals surface area contributed by atoms with Gasteiger partial charge in [0.2, 0.25) is 5.95 Å². The third-order valence-electron chi connectivity index (χ3n) is 4.87. The van der Waals surface area contributed by atoms with Gasteiger partial charge >= 0.3 is 0 Å². The molecule has 3 N–H and O–H groups in total. The second-order valence-electron chi connectivity index (χ2n) is 6.95. The van der Waals surface area contributed by atoms with Gasteiger partial charge in [0.15, 0.2) is 0 Å². The molecule has 0 spiro atoms. The summed E-state index contributed by atoms with van der Waals surface area (Å²) in [5.74, 6) is 1.24. The van der Waals surface area contributed by atoms with Crippen LogP contribution in [0.1, 0.15) is 25.7 Å². The van der Waals surface area contributed by atoms with Gasteiger partial charge in [-0.25, -0.2) is 4.98 Å². The summed E-state index contributed by atoms with van der Waals surface area (Å²) in [6.07, 6.45) is 6.78. The molecule has 0 aliphatic heterocycles. The van der Waals surface area contributed by atoms with Crippen LogP contribution in [-0.4, -0.2) is 32.2 Å². The summed E-state index contributed by atoms with van der Waals surface area (Å²) in [5.41, 5.74) is 2.54. The van der Waals surface area contributed by atoms with Crippen molar-refractivity contribution in [2.45, 2.75) is 37.8 Å². The third kappa shape index (κ3) is 4.58. The van der Waals surface area contributed by atoms with Crippen molar-refractivity contribution < 1.29 is 5.11 Å². The molecule has 2 heterocycles. The second kappa shape index (κ2) is 8.54. The lowest BCUT2D eigenvalue weighted by atomic mass is 9.93. The molecule has 1 fully saturated rings. The van der Waals surface area contributed by atoms with Crippen molar-refractivity contribution in [1.82, 2.24) is 15.0 Å². The average molecular weight is 396 g/mol. The number of nitrogens with zero attached hydrogens (tertiary/aromatic N) is 3. The van der Waals surface area contributed by atoms with Crippen molar-refractivity contribution in [3.63, 3.8) is 0 Å². The average Bonchev–Trinajstić information content (AvgIpc) is 2.72. The highest BCUT2D eigenvalue weighted by atomic mass is 35.5. The van der Waals surface area contributed by atoms with Gasteiger partial charge in [-0.15, -0.1) is 0 Å². The minimum absolute atomic E-state index is 0.194. The molecular formula is C21H22ClN5O. The van der Waals surface area contributed by atoms with Crippen LogP contribution in [0.5, 0.6) is 0 Å². The molecule has 2 aromatic heterocycles. The Morgan fingerprint density at radius 2 is 1.75 bits per heavy atom. The van der Waals surface area contributed by atoms with Gasteiger partial charge < -0.3 is 15.7 Å². The number of halogens is 1. The predicted octanol–water partition coefficient (Wildman–Crippen LogP) is 4.65. The molecule has 0 radical (unpaired) electrons. The number of pyridine rings is 1. The smallest absolute Gasteiger partial charge is 0.229 e. The maximum atomic E-state index is 9.77. The summed E-state index contributed by atoms with van der Waals surface area (Å²) < 4.78 is 0. The number of aliphatic hydroxyl groups excluding tert-OH is 1. The van der Waals surface area contributed by atoms with Crippen LogP contribution in [0.15, 0.2) is 54.9 Å². The number of rotatable bonds is 5. The molecule has 3 aromatic rings. The van der Waals surface area contributed by atoms with E-state index in [1.54, 1.807) is 12.4 Å². The summed E-state index contributed by atoms with van der Waals surface area (Å²) in [7, 11) is 0. The molecule has 1 aromatic carbocycles. The highest BCUT2D eigenvalue weighted by molar-refractivity contribution is 6.30. The van der Waals surface area contributed by atoms with E-state index in [0.717, 1.165) is 48.4 Å². The predicted molar refractivity (Wildman–Crippen MR) is 112 cm³/mol. The summed E-state index contributed by atoms with van der Waals surface area (Å²) in [6, 6.07) is 13.4. The standard InChI is InChI=1S/C21H22ClN5O/c22-14-4-6-16(7-5-14)26-21-24-13-18(19-3-1-2-12-23-19)20(27-21)25-15-8-10-17(28)11-9-15/h1-7,12-13,15,17,28H,8-11H2,(H2,24,25,26,27). The maximum absolute atomic E-state index is 9.77. The van der Waals surface area contributed by atoms with Crippen LogP contribution in [-0.2, 0) is 0 Å². The highest BCUT2D eigenvalue weighted by Crippen LogP contribution is 2.29. The fourth-order valence-corrected chi connectivity index (χ4v) is 3.46. The molecule has 4 rings (SSSR count). The number of anilines is 3. The summed E-state index contributed by atoms with van der Waals surface area (Å²) in [6.45, 7) is 0. The Morgan fingerprint density at radius 1 is 0.964 bits per heavy atom. The van der Waals surface area contributed by atoms with Crippen LogP contribution in [0.2, 0.25) is 5.02 Å². The number of benzene rings is 1. The van der Waals surface area contributed by atoms with E-state index in [1.165, 1.54) is 0 Å². The van der Waals surface area contributed by atoms with Crippen LogP contribution in [0, 0.1) is 0 Å². The summed E-state index contributed by atoms with van der Waals surface area (Å²) >= 11 is 5.95. The van der Waals surface area contributed by atoms with Crippen LogP contribution in [0.4, 0.5) is 17.5 Å². The number of hydrogen-bond acceptors (Lipinski definition) is 6. The van der Waals surface area contributed by atoms with Gasteiger partial charge in [0, 0.05) is 29.1 Å². The first-order chi connectivity index (χ1) is 13.7. The van der Waals surface area contributed by atoms with Crippen LogP contribution in [0.3, 0.4) is 0 Å². The fourth-order valence-electron chi connectivity index (χ4n) is 3.34. The molecule has 0 amide bonds. The zero-order valence-electron chi connectivity index (χ0n) is 15.3. The minimum Gasteiger partial charge on any atom is -0.393 e. The van der Waals surface area contributed by atoms with Crippen molar-refractivity contribution >= 4 is 29.1 Å². The van der Waals surface area contributed by atoms with Crippen molar-refractivity contribution in [3.05, 3.63) is 59.9 Å². The lowest BCUT2D eigenvalue weighted by molar-refractivity contribution is 0.126. The van der Waals surface area contributed by atoms with E-state index in [-0.39, 0.29) is 12.1 Å². The largest absolute Gasteiger partial charge is 0.393 e. The first kappa shape index (κ1) is 18.7. The monoisotopic (exact) mass is 395 g/mol. The Hall–Kier alpha value is -2.70. The summed E-state index contributed by atoms with van der Waals surface area (Å²) in [5, 5.41) is 17.2. The molecular weight excluding hydrogens is 374 g/mol. The Bertz CT molecular complexity index is 912. The third-order valence-corrected chi connectivity index (χ3v) is 5.12. The van der Waals surface area contributed by atoms with Crippen molar-refractivity contribution in [2.24, 2.45) is 0 Å². The van der Waals surface area contributed by atoms with Gasteiger partial charge in [-0.1, -0.05) is 17.7 Å². The zero-order chi connectivity index (χ0) is 19.3. The Morgan fingerprint density at radius 3 is 2.46 bits per heavy atom. The van der Waals surface area contributed by atoms with Crippen molar-refractivity contribution in [2.75, 3.05) is 10.6 Å². The second-order valence-corrected chi connectivity index (χ2v) is 7.39. The molecule has 0 atom stereocenters. The quantitative estimate of drug-likeness (QED) is 0.583. The normalized spacial score (nSPS) is 19.2. The molecule has 7 heteroatoms. The molecule has 6 nitrogen and oxygen atoms in total. The molecule has 0 bridgehead atoms. The van der Waals surface area contributed by atoms with Gasteiger partial charge in [0.25, 0.3) is 0 Å². The molecule has 1 aliphatic carbocycles. The first-order valence-corrected chi connectivity index (χ1v) is 9.81. The van der Waals surface area contributed by atoms with E-state index >= 15 is 0 Å².